The molecular formula is C31H36F2N6O2. The summed E-state index contributed by atoms with van der Waals surface area (Å²) >= 11 is 0. The van der Waals surface area contributed by atoms with Crippen molar-refractivity contribution in [3.05, 3.63) is 59.1 Å². The highest BCUT2D eigenvalue weighted by atomic mass is 19.1. The Balaban J connectivity index is 1.32. The van der Waals surface area contributed by atoms with Crippen LogP contribution in [0.25, 0.3) is 0 Å². The number of carbonyl (C=O) groups excluding carboxylic acids is 1. The van der Waals surface area contributed by atoms with E-state index in [0.29, 0.717) is 32.7 Å². The maximum atomic E-state index is 14.0. The number of aromatic nitrogens is 2. The number of likely N-dealkylation sites (tertiary alicyclic amines) is 1. The molecule has 2 aromatic rings. The summed E-state index contributed by atoms with van der Waals surface area (Å²) in [6.45, 7) is 4.89. The van der Waals surface area contributed by atoms with Gasteiger partial charge in [0.1, 0.15) is 18.6 Å². The van der Waals surface area contributed by atoms with Crippen LogP contribution in [0, 0.1) is 11.3 Å². The second-order valence-corrected chi connectivity index (χ2v) is 12.0. The number of amides is 1. The molecule has 4 aliphatic rings. The highest BCUT2D eigenvalue weighted by Gasteiger charge is 2.43. The predicted molar refractivity (Wildman–Crippen MR) is 150 cm³/mol. The van der Waals surface area contributed by atoms with Crippen molar-refractivity contribution in [3.8, 4) is 12.1 Å². The largest absolute Gasteiger partial charge is 0.462 e. The molecule has 2 fully saturated rings. The van der Waals surface area contributed by atoms with Gasteiger partial charge in [0.2, 0.25) is 0 Å². The molecule has 8 nitrogen and oxygen atoms in total. The molecule has 2 aliphatic carbocycles. The predicted octanol–water partition coefficient (Wildman–Crippen LogP) is 3.68. The van der Waals surface area contributed by atoms with Crippen LogP contribution in [0.1, 0.15) is 48.1 Å². The normalized spacial score (nSPS) is 27.4. The average molecular weight is 563 g/mol. The topological polar surface area (TPSA) is 85.6 Å². The van der Waals surface area contributed by atoms with Crippen LogP contribution in [0.15, 0.2) is 36.7 Å². The van der Waals surface area contributed by atoms with Crippen LogP contribution in [-0.2, 0) is 29.5 Å². The Morgan fingerprint density at radius 2 is 2.00 bits per heavy atom. The summed E-state index contributed by atoms with van der Waals surface area (Å²) in [5, 5.41) is 9.46. The number of fused-ring (bicyclic) bond motifs is 3. The van der Waals surface area contributed by atoms with Crippen LogP contribution in [-0.4, -0.2) is 83.8 Å². The van der Waals surface area contributed by atoms with E-state index < -0.39 is 23.9 Å². The number of piperazine rings is 1. The van der Waals surface area contributed by atoms with Crippen LogP contribution in [0.5, 0.6) is 6.01 Å². The van der Waals surface area contributed by atoms with E-state index in [2.05, 4.69) is 41.8 Å². The molecule has 216 valence electrons. The SMILES string of the molecule is C=C(F)C(=O)N1CCN(c2nc(OC[C@@H]3C[C@@H](F)CN3C)nc3c2CC[C@]2(CCc4ccccc42)C3)C[C@@H]1CC#N. The quantitative estimate of drug-likeness (QED) is 0.497. The van der Waals surface area contributed by atoms with Crippen LogP contribution in [0.3, 0.4) is 0 Å². The first kappa shape index (κ1) is 27.6. The fourth-order valence-corrected chi connectivity index (χ4v) is 7.33. The summed E-state index contributed by atoms with van der Waals surface area (Å²) in [5.74, 6) is -1.04. The Bertz CT molecular complexity index is 1400. The van der Waals surface area contributed by atoms with Gasteiger partial charge in [0.15, 0.2) is 5.83 Å². The average Bonchev–Trinajstić information content (AvgIpc) is 3.49. The maximum absolute atomic E-state index is 14.0. The van der Waals surface area contributed by atoms with Gasteiger partial charge in [0.25, 0.3) is 5.91 Å². The molecule has 10 heteroatoms. The summed E-state index contributed by atoms with van der Waals surface area (Å²) in [6, 6.07) is 10.5. The van der Waals surface area contributed by atoms with Gasteiger partial charge in [-0.3, -0.25) is 9.69 Å². The highest BCUT2D eigenvalue weighted by Crippen LogP contribution is 2.48. The molecule has 1 amide bonds. The third-order valence-corrected chi connectivity index (χ3v) is 9.52. The van der Waals surface area contributed by atoms with Gasteiger partial charge < -0.3 is 14.5 Å². The van der Waals surface area contributed by atoms with E-state index >= 15 is 0 Å². The van der Waals surface area contributed by atoms with Gasteiger partial charge in [-0.05, 0) is 56.7 Å². The van der Waals surface area contributed by atoms with Gasteiger partial charge >= 0.3 is 6.01 Å². The van der Waals surface area contributed by atoms with E-state index in [0.717, 1.165) is 49.2 Å². The number of alkyl halides is 1. The number of benzene rings is 1. The van der Waals surface area contributed by atoms with Crippen molar-refractivity contribution in [2.75, 3.05) is 44.7 Å². The Morgan fingerprint density at radius 1 is 1.20 bits per heavy atom. The number of likely N-dealkylation sites (N-methyl/N-ethyl adjacent to an activating group) is 1. The number of carbonyl (C=O) groups is 1. The number of hydrogen-bond donors (Lipinski definition) is 0. The van der Waals surface area contributed by atoms with Crippen LogP contribution in [0.4, 0.5) is 14.6 Å². The Hall–Kier alpha value is -3.58. The van der Waals surface area contributed by atoms with E-state index in [4.69, 9.17) is 14.7 Å². The maximum Gasteiger partial charge on any atom is 0.318 e. The number of nitrogens with zero attached hydrogens (tertiary/aromatic N) is 6. The highest BCUT2D eigenvalue weighted by molar-refractivity contribution is 5.91. The zero-order valence-corrected chi connectivity index (χ0v) is 23.5. The minimum Gasteiger partial charge on any atom is -0.462 e. The Labute approximate surface area is 239 Å². The van der Waals surface area contributed by atoms with Crippen molar-refractivity contribution >= 4 is 11.7 Å². The molecule has 0 saturated carbocycles. The lowest BCUT2D eigenvalue weighted by molar-refractivity contribution is -0.131. The first-order valence-corrected chi connectivity index (χ1v) is 14.5. The second-order valence-electron chi connectivity index (χ2n) is 12.0. The number of hydrogen-bond acceptors (Lipinski definition) is 7. The van der Waals surface area contributed by atoms with Gasteiger partial charge in [-0.15, -0.1) is 0 Å². The minimum absolute atomic E-state index is 0.0234. The zero-order chi connectivity index (χ0) is 28.7. The minimum atomic E-state index is -1.02. The lowest BCUT2D eigenvalue weighted by atomic mass is 9.69. The van der Waals surface area contributed by atoms with Gasteiger partial charge in [-0.2, -0.15) is 15.2 Å². The molecular weight excluding hydrogens is 526 g/mol. The Morgan fingerprint density at radius 3 is 2.76 bits per heavy atom. The number of rotatable bonds is 6. The van der Waals surface area contributed by atoms with E-state index in [9.17, 15) is 18.8 Å². The summed E-state index contributed by atoms with van der Waals surface area (Å²) in [7, 11) is 1.90. The molecule has 2 aliphatic heterocycles. The molecule has 0 unspecified atom stereocenters. The number of aryl methyl sites for hydroxylation is 1. The fourth-order valence-electron chi connectivity index (χ4n) is 7.33. The molecule has 1 spiro atoms. The Kier molecular flexibility index (Phi) is 7.41. The monoisotopic (exact) mass is 562 g/mol. The lowest BCUT2D eigenvalue weighted by Gasteiger charge is -2.42. The third-order valence-electron chi connectivity index (χ3n) is 9.52. The molecule has 0 radical (unpaired) electrons. The van der Waals surface area contributed by atoms with E-state index in [1.54, 1.807) is 0 Å². The van der Waals surface area contributed by atoms with Gasteiger partial charge in [-0.1, -0.05) is 30.8 Å². The van der Waals surface area contributed by atoms with Crippen LogP contribution in [0.2, 0.25) is 0 Å². The van der Waals surface area contributed by atoms with Crippen molar-refractivity contribution in [2.24, 2.45) is 0 Å². The third kappa shape index (κ3) is 5.16. The van der Waals surface area contributed by atoms with Crippen molar-refractivity contribution in [1.82, 2.24) is 19.8 Å². The number of nitriles is 1. The second kappa shape index (κ2) is 11.0. The molecule has 4 atom stereocenters. The zero-order valence-electron chi connectivity index (χ0n) is 23.5. The van der Waals surface area contributed by atoms with Crippen molar-refractivity contribution in [1.29, 1.82) is 5.26 Å². The molecule has 2 saturated heterocycles. The fraction of sp³-hybridized carbons (Fsp3) is 0.548. The van der Waals surface area contributed by atoms with Gasteiger partial charge in [0.05, 0.1) is 24.2 Å². The van der Waals surface area contributed by atoms with Gasteiger partial charge in [-0.25, -0.2) is 8.78 Å². The van der Waals surface area contributed by atoms with Crippen LogP contribution < -0.4 is 9.64 Å². The van der Waals surface area contributed by atoms with E-state index in [1.807, 2.05) is 11.9 Å². The van der Waals surface area contributed by atoms with Crippen molar-refractivity contribution in [2.45, 2.75) is 68.6 Å². The number of anilines is 1. The first-order valence-electron chi connectivity index (χ1n) is 14.5. The van der Waals surface area contributed by atoms with Crippen LogP contribution >= 0.6 is 0 Å². The molecule has 41 heavy (non-hydrogen) atoms. The van der Waals surface area contributed by atoms with Crippen molar-refractivity contribution < 1.29 is 18.3 Å². The van der Waals surface area contributed by atoms with Crippen molar-refractivity contribution in [3.63, 3.8) is 0 Å². The van der Waals surface area contributed by atoms with E-state index in [-0.39, 0.29) is 30.4 Å². The number of halogens is 2. The lowest BCUT2D eigenvalue weighted by Crippen LogP contribution is -2.55. The standard InChI is InChI=1S/C31H36F2N6O2/c1-20(32)29(40)39-14-13-38(18-23(39)9-12-34)28-25-8-11-31(10-7-21-5-3-4-6-26(21)31)16-27(25)35-30(36-28)41-19-24-15-22(33)17-37(24)2/h3-6,22-24H,1,7-11,13-19H2,2H3/t22-,23+,24+,31-/m1/s1. The van der Waals surface area contributed by atoms with E-state index in [1.165, 1.54) is 16.0 Å². The first-order chi connectivity index (χ1) is 19.8. The molecule has 6 rings (SSSR count). The summed E-state index contributed by atoms with van der Waals surface area (Å²) in [5.41, 5.74) is 4.86. The molecule has 1 aromatic carbocycles. The number of ether oxygens (including phenoxy) is 1. The molecule has 0 bridgehead atoms. The molecule has 0 N–H and O–H groups in total. The summed E-state index contributed by atoms with van der Waals surface area (Å²) in [4.78, 5) is 27.7. The summed E-state index contributed by atoms with van der Waals surface area (Å²) in [6.07, 6.45) is 4.32. The summed E-state index contributed by atoms with van der Waals surface area (Å²) < 4.78 is 33.9. The van der Waals surface area contributed by atoms with Gasteiger partial charge in [0, 0.05) is 43.2 Å². The molecule has 1 aromatic heterocycles. The molecule has 3 heterocycles. The smallest absolute Gasteiger partial charge is 0.318 e.